The van der Waals surface area contributed by atoms with Crippen molar-refractivity contribution in [3.05, 3.63) is 144 Å². The van der Waals surface area contributed by atoms with Crippen LogP contribution in [0.2, 0.25) is 0 Å². The molecule has 2 nitrogen and oxygen atoms in total. The molecule has 0 aromatic heterocycles. The van der Waals surface area contributed by atoms with E-state index in [0.717, 1.165) is 16.7 Å². The molecule has 0 radical (unpaired) electrons. The Balaban J connectivity index is 1.92. The number of hydrogen-bond donors (Lipinski definition) is 0. The van der Waals surface area contributed by atoms with Gasteiger partial charge in [-0.3, -0.25) is 4.79 Å². The van der Waals surface area contributed by atoms with Crippen molar-refractivity contribution in [2.75, 3.05) is 0 Å². The molecule has 4 aromatic rings. The van der Waals surface area contributed by atoms with Crippen LogP contribution in [-0.4, -0.2) is 5.78 Å². The van der Waals surface area contributed by atoms with Gasteiger partial charge < -0.3 is 0 Å². The van der Waals surface area contributed by atoms with Gasteiger partial charge in [0.1, 0.15) is 0 Å². The smallest absolute Gasteiger partial charge is 0.170 e. The Morgan fingerprint density at radius 2 is 1.00 bits per heavy atom. The lowest BCUT2D eigenvalue weighted by Crippen LogP contribution is -2.25. The van der Waals surface area contributed by atoms with Crippen molar-refractivity contribution >= 4 is 5.78 Å². The summed E-state index contributed by atoms with van der Waals surface area (Å²) in [5, 5.41) is 10.3. The average molecular weight is 402 g/mol. The average Bonchev–Trinajstić information content (AvgIpc) is 2.86. The lowest BCUT2D eigenvalue weighted by molar-refractivity contribution is 0.0943. The zero-order chi connectivity index (χ0) is 21.5. The lowest BCUT2D eigenvalue weighted by Gasteiger charge is -2.31. The van der Waals surface area contributed by atoms with Crippen molar-refractivity contribution in [1.29, 1.82) is 5.26 Å². The van der Waals surface area contributed by atoms with Crippen LogP contribution in [0.3, 0.4) is 0 Å². The number of carbonyl (C=O) groups excluding carboxylic acids is 1. The molecular weight excluding hydrogens is 378 g/mol. The monoisotopic (exact) mass is 401 g/mol. The van der Waals surface area contributed by atoms with Crippen molar-refractivity contribution in [1.82, 2.24) is 0 Å². The van der Waals surface area contributed by atoms with E-state index >= 15 is 0 Å². The van der Waals surface area contributed by atoms with E-state index in [0.29, 0.717) is 5.56 Å². The van der Waals surface area contributed by atoms with Gasteiger partial charge in [-0.1, -0.05) is 121 Å². The molecular formula is C29H23NO. The topological polar surface area (TPSA) is 40.9 Å². The summed E-state index contributed by atoms with van der Waals surface area (Å²) in [5.74, 6) is -1.27. The quantitative estimate of drug-likeness (QED) is 0.322. The third-order valence-corrected chi connectivity index (χ3v) is 5.70. The molecule has 0 spiro atoms. The molecule has 0 amide bonds. The first-order valence-electron chi connectivity index (χ1n) is 10.4. The minimum absolute atomic E-state index is 0.0248. The van der Waals surface area contributed by atoms with E-state index in [4.69, 9.17) is 0 Å². The molecule has 0 saturated carbocycles. The maximum Gasteiger partial charge on any atom is 0.170 e. The van der Waals surface area contributed by atoms with Gasteiger partial charge in [-0.15, -0.1) is 0 Å². The predicted octanol–water partition coefficient (Wildman–Crippen LogP) is 6.74. The molecule has 0 fully saturated rings. The number of rotatable bonds is 7. The van der Waals surface area contributed by atoms with Crippen molar-refractivity contribution in [2.45, 2.75) is 17.8 Å². The Morgan fingerprint density at radius 3 is 1.48 bits per heavy atom. The molecule has 0 aliphatic carbocycles. The number of Topliss-reactive ketones (excluding diaryl/α,β-unsaturated/α-hetero) is 1. The number of nitriles is 1. The first-order valence-corrected chi connectivity index (χ1v) is 10.4. The fourth-order valence-electron chi connectivity index (χ4n) is 4.24. The van der Waals surface area contributed by atoms with Gasteiger partial charge in [0.25, 0.3) is 0 Å². The summed E-state index contributed by atoms with van der Waals surface area (Å²) in [4.78, 5) is 13.9. The Hall–Kier alpha value is -3.96. The molecule has 2 heteroatoms. The largest absolute Gasteiger partial charge is 0.293 e. The summed E-state index contributed by atoms with van der Waals surface area (Å²) in [6.07, 6.45) is 0. The molecule has 0 bridgehead atoms. The fraction of sp³-hybridized carbons (Fsp3) is 0.103. The molecule has 0 N–H and O–H groups in total. The molecule has 0 aliphatic heterocycles. The molecule has 150 valence electrons. The standard InChI is InChI=1S/C29H23NO/c30-21-26(22-13-5-1-6-14-22)27(23-15-7-2-8-16-23)28(24-17-9-3-10-18-24)29(31)25-19-11-4-12-20-25/h1-20,26-28H. The van der Waals surface area contributed by atoms with Crippen LogP contribution in [0, 0.1) is 11.3 Å². The van der Waals surface area contributed by atoms with Gasteiger partial charge in [0.2, 0.25) is 0 Å². The highest BCUT2D eigenvalue weighted by Gasteiger charge is 2.37. The number of ketones is 1. The summed E-state index contributed by atoms with van der Waals surface area (Å²) in [5.41, 5.74) is 3.47. The van der Waals surface area contributed by atoms with E-state index in [1.54, 1.807) is 0 Å². The van der Waals surface area contributed by atoms with Crippen LogP contribution in [0.25, 0.3) is 0 Å². The number of benzene rings is 4. The van der Waals surface area contributed by atoms with Crippen molar-refractivity contribution in [3.63, 3.8) is 0 Å². The summed E-state index contributed by atoms with van der Waals surface area (Å²) >= 11 is 0. The van der Waals surface area contributed by atoms with Gasteiger partial charge in [-0.25, -0.2) is 0 Å². The highest BCUT2D eigenvalue weighted by molar-refractivity contribution is 6.01. The fourth-order valence-corrected chi connectivity index (χ4v) is 4.24. The second kappa shape index (κ2) is 9.69. The van der Waals surface area contributed by atoms with Gasteiger partial charge in [-0.2, -0.15) is 5.26 Å². The maximum atomic E-state index is 13.9. The molecule has 3 unspecified atom stereocenters. The van der Waals surface area contributed by atoms with E-state index in [-0.39, 0.29) is 11.7 Å². The molecule has 4 rings (SSSR count). The molecule has 4 aromatic carbocycles. The van der Waals surface area contributed by atoms with E-state index < -0.39 is 11.8 Å². The molecule has 0 saturated heterocycles. The molecule has 31 heavy (non-hydrogen) atoms. The Bertz CT molecular complexity index is 1150. The Labute approximate surface area is 183 Å². The van der Waals surface area contributed by atoms with E-state index in [1.165, 1.54) is 0 Å². The predicted molar refractivity (Wildman–Crippen MR) is 124 cm³/mol. The minimum atomic E-state index is -0.490. The van der Waals surface area contributed by atoms with Crippen LogP contribution in [-0.2, 0) is 0 Å². The highest BCUT2D eigenvalue weighted by Crippen LogP contribution is 2.44. The third kappa shape index (κ3) is 4.47. The molecule has 0 heterocycles. The first kappa shape index (κ1) is 20.3. The molecule has 3 atom stereocenters. The first-order chi connectivity index (χ1) is 15.3. The van der Waals surface area contributed by atoms with Crippen molar-refractivity contribution < 1.29 is 4.79 Å². The van der Waals surface area contributed by atoms with Crippen molar-refractivity contribution in [3.8, 4) is 6.07 Å². The Kier molecular flexibility index (Phi) is 6.35. The van der Waals surface area contributed by atoms with Crippen LogP contribution < -0.4 is 0 Å². The normalized spacial score (nSPS) is 13.5. The van der Waals surface area contributed by atoms with Crippen LogP contribution in [0.1, 0.15) is 44.8 Å². The van der Waals surface area contributed by atoms with E-state index in [9.17, 15) is 10.1 Å². The number of nitrogens with zero attached hydrogens (tertiary/aromatic N) is 1. The zero-order valence-electron chi connectivity index (χ0n) is 17.1. The number of hydrogen-bond acceptors (Lipinski definition) is 2. The number of carbonyl (C=O) groups is 1. The summed E-state index contributed by atoms with van der Waals surface area (Å²) in [6.45, 7) is 0. The lowest BCUT2D eigenvalue weighted by atomic mass is 9.69. The van der Waals surface area contributed by atoms with E-state index in [1.807, 2.05) is 121 Å². The van der Waals surface area contributed by atoms with Crippen molar-refractivity contribution in [2.24, 2.45) is 0 Å². The third-order valence-electron chi connectivity index (χ3n) is 5.70. The van der Waals surface area contributed by atoms with Crippen LogP contribution >= 0.6 is 0 Å². The summed E-state index contributed by atoms with van der Waals surface area (Å²) in [7, 11) is 0. The summed E-state index contributed by atoms with van der Waals surface area (Å²) in [6, 6.07) is 41.4. The van der Waals surface area contributed by atoms with Gasteiger partial charge in [0, 0.05) is 11.5 Å². The van der Waals surface area contributed by atoms with Crippen LogP contribution in [0.15, 0.2) is 121 Å². The van der Waals surface area contributed by atoms with E-state index in [2.05, 4.69) is 6.07 Å². The van der Waals surface area contributed by atoms with Gasteiger partial charge >= 0.3 is 0 Å². The van der Waals surface area contributed by atoms with Gasteiger partial charge in [0.05, 0.1) is 17.9 Å². The van der Waals surface area contributed by atoms with Crippen LogP contribution in [0.5, 0.6) is 0 Å². The SMILES string of the molecule is N#CC(c1ccccc1)C(c1ccccc1)C(C(=O)c1ccccc1)c1ccccc1. The second-order valence-electron chi connectivity index (χ2n) is 7.57. The Morgan fingerprint density at radius 1 is 0.581 bits per heavy atom. The minimum Gasteiger partial charge on any atom is -0.293 e. The van der Waals surface area contributed by atoms with Gasteiger partial charge in [-0.05, 0) is 16.7 Å². The highest BCUT2D eigenvalue weighted by atomic mass is 16.1. The van der Waals surface area contributed by atoms with Crippen LogP contribution in [0.4, 0.5) is 0 Å². The maximum absolute atomic E-state index is 13.9. The zero-order valence-corrected chi connectivity index (χ0v) is 17.1. The van der Waals surface area contributed by atoms with Gasteiger partial charge in [0.15, 0.2) is 5.78 Å². The second-order valence-corrected chi connectivity index (χ2v) is 7.57. The molecule has 0 aliphatic rings. The summed E-state index contributed by atoms with van der Waals surface area (Å²) < 4.78 is 0.